The van der Waals surface area contributed by atoms with E-state index in [-0.39, 0.29) is 0 Å². The van der Waals surface area contributed by atoms with Crippen molar-refractivity contribution in [3.05, 3.63) is 57.6 Å². The van der Waals surface area contributed by atoms with Crippen LogP contribution in [-0.4, -0.2) is 24.4 Å². The number of nitrogens with one attached hydrogen (secondary N) is 1. The van der Waals surface area contributed by atoms with Gasteiger partial charge in [0.2, 0.25) is 0 Å². The SMILES string of the molecule is O=C(COC(=O)c1cc2ccccc2s1)NC(=O)c1cccs1. The summed E-state index contributed by atoms with van der Waals surface area (Å²) in [4.78, 5) is 36.1. The molecule has 0 aliphatic heterocycles. The molecule has 0 saturated heterocycles. The molecule has 23 heavy (non-hydrogen) atoms. The Kier molecular flexibility index (Phi) is 4.50. The van der Waals surface area contributed by atoms with E-state index in [4.69, 9.17) is 4.74 Å². The lowest BCUT2D eigenvalue weighted by molar-refractivity contribution is -0.123. The molecule has 3 aromatic rings. The normalized spacial score (nSPS) is 10.4. The van der Waals surface area contributed by atoms with E-state index in [1.165, 1.54) is 22.7 Å². The molecule has 0 unspecified atom stereocenters. The first-order chi connectivity index (χ1) is 11.1. The highest BCUT2D eigenvalue weighted by Gasteiger charge is 2.15. The van der Waals surface area contributed by atoms with Crippen LogP contribution in [0.3, 0.4) is 0 Å². The third-order valence-electron chi connectivity index (χ3n) is 2.96. The third kappa shape index (κ3) is 3.64. The minimum Gasteiger partial charge on any atom is -0.451 e. The number of carbonyl (C=O) groups excluding carboxylic acids is 3. The van der Waals surface area contributed by atoms with Gasteiger partial charge < -0.3 is 4.74 Å². The summed E-state index contributed by atoms with van der Waals surface area (Å²) in [6.07, 6.45) is 0. The quantitative estimate of drug-likeness (QED) is 0.738. The van der Waals surface area contributed by atoms with Gasteiger partial charge in [0.15, 0.2) is 6.61 Å². The molecule has 0 saturated carbocycles. The molecule has 7 heteroatoms. The van der Waals surface area contributed by atoms with Crippen LogP contribution < -0.4 is 5.32 Å². The molecule has 3 rings (SSSR count). The van der Waals surface area contributed by atoms with Crippen LogP contribution in [0.4, 0.5) is 0 Å². The van der Waals surface area contributed by atoms with Gasteiger partial charge >= 0.3 is 5.97 Å². The Balaban J connectivity index is 1.56. The van der Waals surface area contributed by atoms with Crippen LogP contribution in [0.25, 0.3) is 10.1 Å². The standard InChI is InChI=1S/C16H11NO4S2/c18-14(17-15(19)12-6-3-7-22-12)9-21-16(20)13-8-10-4-1-2-5-11(10)23-13/h1-8H,9H2,(H,17,18,19). The van der Waals surface area contributed by atoms with Gasteiger partial charge in [0.25, 0.3) is 11.8 Å². The van der Waals surface area contributed by atoms with E-state index in [1.807, 2.05) is 24.3 Å². The number of imide groups is 1. The summed E-state index contributed by atoms with van der Waals surface area (Å²) in [5.74, 6) is -1.73. The highest BCUT2D eigenvalue weighted by molar-refractivity contribution is 7.20. The average Bonchev–Trinajstić information content (AvgIpc) is 3.21. The van der Waals surface area contributed by atoms with Crippen molar-refractivity contribution in [1.82, 2.24) is 5.32 Å². The van der Waals surface area contributed by atoms with E-state index in [0.717, 1.165) is 10.1 Å². The minimum absolute atomic E-state index is 0.420. The van der Waals surface area contributed by atoms with E-state index >= 15 is 0 Å². The van der Waals surface area contributed by atoms with Gasteiger partial charge in [-0.1, -0.05) is 24.3 Å². The molecule has 5 nitrogen and oxygen atoms in total. The first kappa shape index (κ1) is 15.4. The van der Waals surface area contributed by atoms with Crippen molar-refractivity contribution in [2.45, 2.75) is 0 Å². The largest absolute Gasteiger partial charge is 0.451 e. The van der Waals surface area contributed by atoms with Crippen LogP contribution >= 0.6 is 22.7 Å². The van der Waals surface area contributed by atoms with Crippen molar-refractivity contribution >= 4 is 50.5 Å². The van der Waals surface area contributed by atoms with Crippen LogP contribution in [0.2, 0.25) is 0 Å². The van der Waals surface area contributed by atoms with Crippen LogP contribution in [0.5, 0.6) is 0 Å². The maximum absolute atomic E-state index is 12.0. The van der Waals surface area contributed by atoms with Gasteiger partial charge in [-0.25, -0.2) is 4.79 Å². The molecule has 0 radical (unpaired) electrons. The van der Waals surface area contributed by atoms with Crippen LogP contribution in [0, 0.1) is 0 Å². The number of rotatable bonds is 4. The molecule has 0 aliphatic carbocycles. The van der Waals surface area contributed by atoms with Crippen LogP contribution in [0.15, 0.2) is 47.8 Å². The molecule has 0 atom stereocenters. The predicted molar refractivity (Wildman–Crippen MR) is 88.9 cm³/mol. The Labute approximate surface area is 139 Å². The van der Waals surface area contributed by atoms with Crippen molar-refractivity contribution in [3.8, 4) is 0 Å². The smallest absolute Gasteiger partial charge is 0.348 e. The number of amides is 2. The molecule has 2 aromatic heterocycles. The van der Waals surface area contributed by atoms with E-state index in [9.17, 15) is 14.4 Å². The summed E-state index contributed by atoms with van der Waals surface area (Å²) >= 11 is 2.52. The first-order valence-electron chi connectivity index (χ1n) is 6.67. The fraction of sp³-hybridized carbons (Fsp3) is 0.0625. The zero-order valence-electron chi connectivity index (χ0n) is 11.8. The zero-order chi connectivity index (χ0) is 16.2. The number of hydrogen-bond acceptors (Lipinski definition) is 6. The number of carbonyl (C=O) groups is 3. The summed E-state index contributed by atoms with van der Waals surface area (Å²) in [5, 5.41) is 4.86. The Morgan fingerprint density at radius 3 is 2.61 bits per heavy atom. The molecule has 116 valence electrons. The van der Waals surface area contributed by atoms with Gasteiger partial charge in [-0.15, -0.1) is 22.7 Å². The molecule has 0 spiro atoms. The van der Waals surface area contributed by atoms with Crippen molar-refractivity contribution in [3.63, 3.8) is 0 Å². The number of esters is 1. The number of ether oxygens (including phenoxy) is 1. The van der Waals surface area contributed by atoms with Crippen LogP contribution in [-0.2, 0) is 9.53 Å². The number of benzene rings is 1. The first-order valence-corrected chi connectivity index (χ1v) is 8.36. The maximum atomic E-state index is 12.0. The second kappa shape index (κ2) is 6.72. The maximum Gasteiger partial charge on any atom is 0.348 e. The summed E-state index contributed by atoms with van der Waals surface area (Å²) in [5.41, 5.74) is 0. The number of thiophene rings is 2. The molecule has 1 aromatic carbocycles. The fourth-order valence-electron chi connectivity index (χ4n) is 1.92. The highest BCUT2D eigenvalue weighted by Crippen LogP contribution is 2.25. The molecule has 2 amide bonds. The third-order valence-corrected chi connectivity index (χ3v) is 4.92. The highest BCUT2D eigenvalue weighted by atomic mass is 32.1. The molecular weight excluding hydrogens is 334 g/mol. The van der Waals surface area contributed by atoms with Crippen molar-refractivity contribution < 1.29 is 19.1 Å². The second-order valence-electron chi connectivity index (χ2n) is 4.58. The fourth-order valence-corrected chi connectivity index (χ4v) is 3.49. The Morgan fingerprint density at radius 1 is 1.04 bits per heavy atom. The summed E-state index contributed by atoms with van der Waals surface area (Å²) in [7, 11) is 0. The minimum atomic E-state index is -0.655. The Morgan fingerprint density at radius 2 is 1.87 bits per heavy atom. The van der Waals surface area contributed by atoms with Gasteiger partial charge in [-0.3, -0.25) is 14.9 Å². The van der Waals surface area contributed by atoms with E-state index in [2.05, 4.69) is 5.32 Å². The molecule has 0 aliphatic rings. The van der Waals surface area contributed by atoms with Crippen LogP contribution in [0.1, 0.15) is 19.3 Å². The number of fused-ring (bicyclic) bond motifs is 1. The molecule has 1 N–H and O–H groups in total. The summed E-state index contributed by atoms with van der Waals surface area (Å²) in [6.45, 7) is -0.496. The van der Waals surface area contributed by atoms with E-state index < -0.39 is 24.4 Å². The predicted octanol–water partition coefficient (Wildman–Crippen LogP) is 3.08. The van der Waals surface area contributed by atoms with Gasteiger partial charge in [0, 0.05) is 4.70 Å². The van der Waals surface area contributed by atoms with E-state index in [1.54, 1.807) is 23.6 Å². The summed E-state index contributed by atoms with van der Waals surface area (Å²) in [6, 6.07) is 12.6. The second-order valence-corrected chi connectivity index (χ2v) is 6.61. The molecule has 2 heterocycles. The van der Waals surface area contributed by atoms with Crippen molar-refractivity contribution in [2.75, 3.05) is 6.61 Å². The Bertz CT molecular complexity index is 834. The molecular formula is C16H11NO4S2. The molecule has 0 bridgehead atoms. The van der Waals surface area contributed by atoms with Gasteiger partial charge in [-0.05, 0) is 29.0 Å². The lowest BCUT2D eigenvalue weighted by atomic mass is 10.2. The lowest BCUT2D eigenvalue weighted by Crippen LogP contribution is -2.33. The topological polar surface area (TPSA) is 72.5 Å². The molecule has 0 fully saturated rings. The van der Waals surface area contributed by atoms with Crippen molar-refractivity contribution in [2.24, 2.45) is 0 Å². The van der Waals surface area contributed by atoms with Crippen molar-refractivity contribution in [1.29, 1.82) is 0 Å². The Hall–Kier alpha value is -2.51. The lowest BCUT2D eigenvalue weighted by Gasteiger charge is -2.03. The monoisotopic (exact) mass is 345 g/mol. The zero-order valence-corrected chi connectivity index (χ0v) is 13.4. The van der Waals surface area contributed by atoms with Gasteiger partial charge in [0.1, 0.15) is 4.88 Å². The average molecular weight is 345 g/mol. The van der Waals surface area contributed by atoms with Gasteiger partial charge in [-0.2, -0.15) is 0 Å². The van der Waals surface area contributed by atoms with E-state index in [0.29, 0.717) is 9.75 Å². The van der Waals surface area contributed by atoms with Gasteiger partial charge in [0.05, 0.1) is 4.88 Å². The number of hydrogen-bond donors (Lipinski definition) is 1. The summed E-state index contributed by atoms with van der Waals surface area (Å²) < 4.78 is 5.92.